The molecule has 1 saturated heterocycles. The lowest BCUT2D eigenvalue weighted by atomic mass is 10.1. The quantitative estimate of drug-likeness (QED) is 0.552. The molecule has 0 aromatic heterocycles. The number of amides is 2. The number of halogens is 2. The highest BCUT2D eigenvalue weighted by atomic mass is 35.5. The van der Waals surface area contributed by atoms with E-state index in [2.05, 4.69) is 22.3 Å². The van der Waals surface area contributed by atoms with E-state index in [1.165, 1.54) is 5.56 Å². The molecule has 0 spiro atoms. The Morgan fingerprint density at radius 3 is 2.64 bits per heavy atom. The van der Waals surface area contributed by atoms with Crippen LogP contribution in [-0.4, -0.2) is 58.9 Å². The van der Waals surface area contributed by atoms with Crippen LogP contribution in [0.4, 0.5) is 0 Å². The molecule has 2 heterocycles. The third-order valence-corrected chi connectivity index (χ3v) is 6.94. The van der Waals surface area contributed by atoms with Crippen LogP contribution in [0.1, 0.15) is 24.0 Å². The van der Waals surface area contributed by atoms with Gasteiger partial charge in [0, 0.05) is 32.2 Å². The molecule has 2 aliphatic heterocycles. The first-order chi connectivity index (χ1) is 15.9. The second kappa shape index (κ2) is 10.6. The summed E-state index contributed by atoms with van der Waals surface area (Å²) in [5.74, 6) is -1.28. The normalized spacial score (nSPS) is 18.9. The molecule has 2 aromatic rings. The van der Waals surface area contributed by atoms with E-state index in [4.69, 9.17) is 23.2 Å². The van der Waals surface area contributed by atoms with Crippen molar-refractivity contribution in [1.82, 2.24) is 15.1 Å². The maximum Gasteiger partial charge on any atom is 0.289 e. The second-order valence-corrected chi connectivity index (χ2v) is 9.35. The zero-order valence-corrected chi connectivity index (χ0v) is 19.8. The van der Waals surface area contributed by atoms with Crippen molar-refractivity contribution in [2.24, 2.45) is 0 Å². The Morgan fingerprint density at radius 2 is 1.88 bits per heavy atom. The van der Waals surface area contributed by atoms with Crippen molar-refractivity contribution in [2.75, 3.05) is 26.2 Å². The van der Waals surface area contributed by atoms with Gasteiger partial charge in [0.1, 0.15) is 0 Å². The number of nitrogens with one attached hydrogen (secondary N) is 1. The van der Waals surface area contributed by atoms with Crippen LogP contribution < -0.4 is 5.32 Å². The molecule has 0 radical (unpaired) electrons. The Hall–Kier alpha value is -2.54. The lowest BCUT2D eigenvalue weighted by Crippen LogP contribution is -2.40. The minimum Gasteiger partial charge on any atom is -0.503 e. The molecule has 174 valence electrons. The minimum atomic E-state index is -0.456. The highest BCUT2D eigenvalue weighted by Gasteiger charge is 2.40. The second-order valence-electron chi connectivity index (χ2n) is 8.53. The summed E-state index contributed by atoms with van der Waals surface area (Å²) in [6.45, 7) is 3.00. The van der Waals surface area contributed by atoms with Gasteiger partial charge in [-0.15, -0.1) is 0 Å². The summed E-state index contributed by atoms with van der Waals surface area (Å²) in [6, 6.07) is 15.7. The topological polar surface area (TPSA) is 72.9 Å². The molecule has 2 aromatic carbocycles. The fourth-order valence-electron chi connectivity index (χ4n) is 4.40. The van der Waals surface area contributed by atoms with Crippen molar-refractivity contribution in [3.63, 3.8) is 0 Å². The Morgan fingerprint density at radius 1 is 1.09 bits per heavy atom. The smallest absolute Gasteiger partial charge is 0.289 e. The average molecular weight is 488 g/mol. The summed E-state index contributed by atoms with van der Waals surface area (Å²) < 4.78 is 0. The number of benzene rings is 2. The maximum absolute atomic E-state index is 12.6. The fourth-order valence-corrected chi connectivity index (χ4v) is 4.73. The van der Waals surface area contributed by atoms with Crippen LogP contribution in [0.3, 0.4) is 0 Å². The number of carbonyl (C=O) groups excluding carboxylic acids is 2. The summed E-state index contributed by atoms with van der Waals surface area (Å²) >= 11 is 12.0. The van der Waals surface area contributed by atoms with Crippen LogP contribution >= 0.6 is 23.2 Å². The van der Waals surface area contributed by atoms with E-state index in [0.29, 0.717) is 23.0 Å². The summed E-state index contributed by atoms with van der Waals surface area (Å²) in [5, 5.41) is 14.2. The van der Waals surface area contributed by atoms with Gasteiger partial charge in [-0.25, -0.2) is 0 Å². The molecule has 0 saturated carbocycles. The molecule has 1 fully saturated rings. The molecule has 2 N–H and O–H groups in total. The van der Waals surface area contributed by atoms with E-state index in [9.17, 15) is 14.7 Å². The lowest BCUT2D eigenvalue weighted by molar-refractivity contribution is -0.129. The van der Waals surface area contributed by atoms with Gasteiger partial charge < -0.3 is 15.3 Å². The van der Waals surface area contributed by atoms with Crippen molar-refractivity contribution >= 4 is 35.0 Å². The molecule has 8 heteroatoms. The zero-order chi connectivity index (χ0) is 23.4. The van der Waals surface area contributed by atoms with E-state index >= 15 is 0 Å². The van der Waals surface area contributed by atoms with Crippen molar-refractivity contribution < 1.29 is 14.7 Å². The van der Waals surface area contributed by atoms with Gasteiger partial charge >= 0.3 is 0 Å². The van der Waals surface area contributed by atoms with Gasteiger partial charge in [-0.05, 0) is 42.5 Å². The largest absolute Gasteiger partial charge is 0.503 e. The monoisotopic (exact) mass is 487 g/mol. The number of aliphatic hydroxyl groups excluding tert-OH is 1. The summed E-state index contributed by atoms with van der Waals surface area (Å²) in [5.41, 5.74) is 2.41. The maximum atomic E-state index is 12.6. The number of hydrogen-bond acceptors (Lipinski definition) is 4. The first-order valence-electron chi connectivity index (χ1n) is 11.1. The molecule has 2 aliphatic rings. The summed E-state index contributed by atoms with van der Waals surface area (Å²) in [7, 11) is 0. The van der Waals surface area contributed by atoms with Crippen molar-refractivity contribution in [3.05, 3.63) is 81.0 Å². The zero-order valence-electron chi connectivity index (χ0n) is 18.3. The molecular weight excluding hydrogens is 461 g/mol. The van der Waals surface area contributed by atoms with Crippen LogP contribution in [0.2, 0.25) is 10.0 Å². The molecule has 0 aliphatic carbocycles. The SMILES string of the molecule is O=C(NCCCc1ccc(Cl)c(Cl)c1)C1=C(O)C(=O)N([C@@H]2CCN(Cc3ccccc3)C2)C1. The van der Waals surface area contributed by atoms with Crippen LogP contribution in [0.15, 0.2) is 59.9 Å². The summed E-state index contributed by atoms with van der Waals surface area (Å²) in [4.78, 5) is 29.2. The fraction of sp³-hybridized carbons (Fsp3) is 0.360. The number of likely N-dealkylation sites (tertiary alicyclic amines) is 1. The highest BCUT2D eigenvalue weighted by Crippen LogP contribution is 2.26. The molecule has 1 atom stereocenters. The van der Waals surface area contributed by atoms with E-state index in [1.54, 1.807) is 11.0 Å². The first kappa shape index (κ1) is 23.6. The van der Waals surface area contributed by atoms with E-state index in [1.807, 2.05) is 30.3 Å². The predicted octanol–water partition coefficient (Wildman–Crippen LogP) is 3.97. The van der Waals surface area contributed by atoms with Gasteiger partial charge in [0.15, 0.2) is 5.76 Å². The van der Waals surface area contributed by atoms with E-state index in [-0.39, 0.29) is 18.2 Å². The van der Waals surface area contributed by atoms with Gasteiger partial charge in [-0.1, -0.05) is 59.6 Å². The predicted molar refractivity (Wildman–Crippen MR) is 129 cm³/mol. The van der Waals surface area contributed by atoms with Gasteiger partial charge in [-0.2, -0.15) is 0 Å². The molecule has 4 rings (SSSR count). The summed E-state index contributed by atoms with van der Waals surface area (Å²) in [6.07, 6.45) is 2.25. The first-order valence-corrected chi connectivity index (χ1v) is 11.9. The Kier molecular flexibility index (Phi) is 7.58. The Labute approximate surface area is 203 Å². The van der Waals surface area contributed by atoms with E-state index < -0.39 is 17.6 Å². The van der Waals surface area contributed by atoms with Gasteiger partial charge in [-0.3, -0.25) is 14.5 Å². The number of aliphatic hydroxyl groups is 1. The van der Waals surface area contributed by atoms with E-state index in [0.717, 1.165) is 38.0 Å². The molecule has 33 heavy (non-hydrogen) atoms. The number of hydrogen-bond donors (Lipinski definition) is 2. The third kappa shape index (κ3) is 5.69. The number of rotatable bonds is 8. The minimum absolute atomic E-state index is 0.0108. The molecule has 2 amide bonds. The van der Waals surface area contributed by atoms with Gasteiger partial charge in [0.2, 0.25) is 0 Å². The van der Waals surface area contributed by atoms with Gasteiger partial charge in [0.05, 0.1) is 22.2 Å². The van der Waals surface area contributed by atoms with Crippen molar-refractivity contribution in [2.45, 2.75) is 31.8 Å². The standard InChI is InChI=1S/C25H27Cl2N3O3/c26-21-9-8-17(13-22(21)27)7-4-11-28-24(32)20-16-30(25(33)23(20)31)19-10-12-29(15-19)14-18-5-2-1-3-6-18/h1-3,5-6,8-9,13,19,31H,4,7,10-12,14-16H2,(H,28,32)/t19-/m1/s1. The molecule has 6 nitrogen and oxygen atoms in total. The van der Waals surface area contributed by atoms with Crippen molar-refractivity contribution in [1.29, 1.82) is 0 Å². The Balaban J connectivity index is 1.25. The van der Waals surface area contributed by atoms with Crippen LogP contribution in [-0.2, 0) is 22.6 Å². The number of carbonyl (C=O) groups is 2. The molecule has 0 bridgehead atoms. The highest BCUT2D eigenvalue weighted by molar-refractivity contribution is 6.42. The molecule has 0 unspecified atom stereocenters. The lowest BCUT2D eigenvalue weighted by Gasteiger charge is -2.24. The average Bonchev–Trinajstić information content (AvgIpc) is 3.38. The van der Waals surface area contributed by atoms with Crippen molar-refractivity contribution in [3.8, 4) is 0 Å². The van der Waals surface area contributed by atoms with Crippen LogP contribution in [0.25, 0.3) is 0 Å². The Bertz CT molecular complexity index is 1060. The number of nitrogens with zero attached hydrogens (tertiary/aromatic N) is 2. The van der Waals surface area contributed by atoms with Crippen LogP contribution in [0.5, 0.6) is 0 Å². The molecular formula is C25H27Cl2N3O3. The third-order valence-electron chi connectivity index (χ3n) is 6.20. The van der Waals surface area contributed by atoms with Gasteiger partial charge in [0.25, 0.3) is 11.8 Å². The van der Waals surface area contributed by atoms with Crippen LogP contribution in [0, 0.1) is 0 Å². The number of aryl methyl sites for hydroxylation is 1.